The molecule has 1 atom stereocenters. The molecule has 2 rings (SSSR count). The Kier molecular flexibility index (Phi) is 3.78. The fraction of sp³-hybridized carbons (Fsp3) is 0.500. The Morgan fingerprint density at radius 1 is 1.71 bits per heavy atom. The van der Waals surface area contributed by atoms with Crippen LogP contribution >= 0.6 is 11.3 Å². The average molecular weight is 252 g/mol. The molecule has 0 bridgehead atoms. The van der Waals surface area contributed by atoms with Crippen molar-refractivity contribution in [2.24, 2.45) is 11.1 Å². The van der Waals surface area contributed by atoms with Crippen molar-refractivity contribution in [1.29, 1.82) is 0 Å². The molecule has 0 saturated carbocycles. The van der Waals surface area contributed by atoms with E-state index in [2.05, 4.69) is 12.1 Å². The first-order valence-electron chi connectivity index (χ1n) is 5.79. The molecule has 0 aliphatic carbocycles. The molecule has 1 unspecified atom stereocenters. The molecule has 1 aromatic heterocycles. The molecule has 1 amide bonds. The monoisotopic (exact) mass is 252 g/mol. The molecule has 0 spiro atoms. The van der Waals surface area contributed by atoms with Crippen LogP contribution in [0.15, 0.2) is 22.7 Å². The molecule has 0 radical (unpaired) electrons. The van der Waals surface area contributed by atoms with Gasteiger partial charge in [0.25, 0.3) is 5.91 Å². The Bertz CT molecular complexity index is 414. The van der Waals surface area contributed by atoms with Crippen LogP contribution in [0.3, 0.4) is 0 Å². The van der Waals surface area contributed by atoms with E-state index in [9.17, 15) is 4.79 Å². The number of piperidine rings is 1. The lowest BCUT2D eigenvalue weighted by Gasteiger charge is -2.32. The number of nitrogens with zero attached hydrogens (tertiary/aromatic N) is 2. The lowest BCUT2D eigenvalue weighted by Crippen LogP contribution is -2.43. The zero-order valence-electron chi connectivity index (χ0n) is 9.80. The number of oxime groups is 1. The van der Waals surface area contributed by atoms with Gasteiger partial charge in [0.05, 0.1) is 10.6 Å². The van der Waals surface area contributed by atoms with E-state index in [1.54, 1.807) is 0 Å². The van der Waals surface area contributed by atoms with Gasteiger partial charge in [-0.25, -0.2) is 0 Å². The fourth-order valence-electron chi connectivity index (χ4n) is 2.15. The van der Waals surface area contributed by atoms with Crippen LogP contribution in [0.25, 0.3) is 0 Å². The smallest absolute Gasteiger partial charge is 0.263 e. The number of carbonyl (C=O) groups excluding carboxylic acids is 1. The predicted octanol–water partition coefficient (Wildman–Crippen LogP) is 2.45. The van der Waals surface area contributed by atoms with Crippen molar-refractivity contribution < 1.29 is 10.0 Å². The minimum Gasteiger partial charge on any atom is -0.411 e. The molecule has 1 saturated heterocycles. The van der Waals surface area contributed by atoms with Crippen molar-refractivity contribution in [3.8, 4) is 0 Å². The Labute approximate surface area is 105 Å². The zero-order valence-corrected chi connectivity index (χ0v) is 10.6. The first-order valence-corrected chi connectivity index (χ1v) is 6.67. The second-order valence-corrected chi connectivity index (χ2v) is 5.12. The Balaban J connectivity index is 2.07. The molecule has 1 fully saturated rings. The van der Waals surface area contributed by atoms with Crippen molar-refractivity contribution in [3.05, 3.63) is 22.4 Å². The predicted molar refractivity (Wildman–Crippen MR) is 67.8 cm³/mol. The highest BCUT2D eigenvalue weighted by Crippen LogP contribution is 2.20. The van der Waals surface area contributed by atoms with E-state index in [0.29, 0.717) is 19.5 Å². The van der Waals surface area contributed by atoms with Crippen LogP contribution in [0.2, 0.25) is 0 Å². The standard InChI is InChI=1S/C12H16N2O2S/c1-2-9-8-14(6-5-10(9)13-16)12(15)11-4-3-7-17-11/h3-4,7,9,16H,2,5-6,8H2,1H3/b13-10+. The van der Waals surface area contributed by atoms with E-state index in [4.69, 9.17) is 5.21 Å². The summed E-state index contributed by atoms with van der Waals surface area (Å²) in [5.74, 6) is 0.285. The molecular weight excluding hydrogens is 236 g/mol. The average Bonchev–Trinajstić information content (AvgIpc) is 2.90. The number of rotatable bonds is 2. The topological polar surface area (TPSA) is 52.9 Å². The third-order valence-electron chi connectivity index (χ3n) is 3.19. The van der Waals surface area contributed by atoms with Crippen molar-refractivity contribution >= 4 is 23.0 Å². The van der Waals surface area contributed by atoms with E-state index in [1.807, 2.05) is 22.4 Å². The first-order chi connectivity index (χ1) is 8.26. The summed E-state index contributed by atoms with van der Waals surface area (Å²) in [6, 6.07) is 3.74. The number of hydrogen-bond acceptors (Lipinski definition) is 4. The van der Waals surface area contributed by atoms with Gasteiger partial charge in [0.15, 0.2) is 0 Å². The largest absolute Gasteiger partial charge is 0.411 e. The Hall–Kier alpha value is -1.36. The summed E-state index contributed by atoms with van der Waals surface area (Å²) >= 11 is 1.47. The molecule has 1 N–H and O–H groups in total. The summed E-state index contributed by atoms with van der Waals surface area (Å²) in [6.07, 6.45) is 1.57. The van der Waals surface area contributed by atoms with Gasteiger partial charge >= 0.3 is 0 Å². The van der Waals surface area contributed by atoms with Gasteiger partial charge in [-0.3, -0.25) is 4.79 Å². The van der Waals surface area contributed by atoms with Crippen LogP contribution in [-0.2, 0) is 0 Å². The summed E-state index contributed by atoms with van der Waals surface area (Å²) < 4.78 is 0. The summed E-state index contributed by atoms with van der Waals surface area (Å²) in [4.78, 5) is 14.8. The maximum Gasteiger partial charge on any atom is 0.263 e. The van der Waals surface area contributed by atoms with Crippen molar-refractivity contribution in [1.82, 2.24) is 4.90 Å². The first kappa shape index (κ1) is 12.1. The number of hydrogen-bond donors (Lipinski definition) is 1. The normalized spacial score (nSPS) is 23.0. The summed E-state index contributed by atoms with van der Waals surface area (Å²) in [5, 5.41) is 14.1. The van der Waals surface area contributed by atoms with Crippen LogP contribution in [-0.4, -0.2) is 34.8 Å². The second-order valence-electron chi connectivity index (χ2n) is 4.17. The van der Waals surface area contributed by atoms with Crippen molar-refractivity contribution in [3.63, 3.8) is 0 Å². The maximum absolute atomic E-state index is 12.2. The van der Waals surface area contributed by atoms with E-state index >= 15 is 0 Å². The highest BCUT2D eigenvalue weighted by atomic mass is 32.1. The number of likely N-dealkylation sites (tertiary alicyclic amines) is 1. The molecular formula is C12H16N2O2S. The van der Waals surface area contributed by atoms with Gasteiger partial charge in [0, 0.05) is 25.4 Å². The van der Waals surface area contributed by atoms with Crippen LogP contribution in [0, 0.1) is 5.92 Å². The number of thiophene rings is 1. The zero-order chi connectivity index (χ0) is 12.3. The van der Waals surface area contributed by atoms with Gasteiger partial charge in [-0.1, -0.05) is 18.1 Å². The van der Waals surface area contributed by atoms with E-state index in [-0.39, 0.29) is 11.8 Å². The molecule has 17 heavy (non-hydrogen) atoms. The van der Waals surface area contributed by atoms with Crippen LogP contribution in [0.4, 0.5) is 0 Å². The van der Waals surface area contributed by atoms with Crippen LogP contribution in [0.5, 0.6) is 0 Å². The summed E-state index contributed by atoms with van der Waals surface area (Å²) in [5.41, 5.74) is 0.822. The molecule has 4 nitrogen and oxygen atoms in total. The Morgan fingerprint density at radius 2 is 2.53 bits per heavy atom. The fourth-order valence-corrected chi connectivity index (χ4v) is 2.84. The van der Waals surface area contributed by atoms with Gasteiger partial charge in [-0.2, -0.15) is 0 Å². The van der Waals surface area contributed by atoms with Gasteiger partial charge in [-0.15, -0.1) is 11.3 Å². The highest BCUT2D eigenvalue weighted by Gasteiger charge is 2.28. The summed E-state index contributed by atoms with van der Waals surface area (Å²) in [7, 11) is 0. The second kappa shape index (κ2) is 5.31. The van der Waals surface area contributed by atoms with Gasteiger partial charge < -0.3 is 10.1 Å². The molecule has 92 valence electrons. The Morgan fingerprint density at radius 3 is 3.12 bits per heavy atom. The molecule has 1 aliphatic rings. The molecule has 1 aliphatic heterocycles. The molecule has 1 aromatic rings. The quantitative estimate of drug-likeness (QED) is 0.649. The third-order valence-corrected chi connectivity index (χ3v) is 4.05. The molecule has 0 aromatic carbocycles. The van der Waals surface area contributed by atoms with Gasteiger partial charge in [0.2, 0.25) is 0 Å². The van der Waals surface area contributed by atoms with Gasteiger partial charge in [0.1, 0.15) is 0 Å². The highest BCUT2D eigenvalue weighted by molar-refractivity contribution is 7.12. The lowest BCUT2D eigenvalue weighted by molar-refractivity contribution is 0.0734. The molecule has 5 heteroatoms. The molecule has 2 heterocycles. The van der Waals surface area contributed by atoms with Crippen LogP contribution < -0.4 is 0 Å². The third kappa shape index (κ3) is 2.49. The minimum absolute atomic E-state index is 0.0930. The number of amides is 1. The minimum atomic E-state index is 0.0930. The summed E-state index contributed by atoms with van der Waals surface area (Å²) in [6.45, 7) is 3.36. The van der Waals surface area contributed by atoms with Gasteiger partial charge in [-0.05, 0) is 17.9 Å². The van der Waals surface area contributed by atoms with Crippen LogP contribution in [0.1, 0.15) is 29.4 Å². The van der Waals surface area contributed by atoms with Crippen molar-refractivity contribution in [2.45, 2.75) is 19.8 Å². The van der Waals surface area contributed by atoms with E-state index < -0.39 is 0 Å². The SMILES string of the molecule is CCC1CN(C(=O)c2cccs2)CC/C1=N\O. The van der Waals surface area contributed by atoms with E-state index in [0.717, 1.165) is 17.0 Å². The van der Waals surface area contributed by atoms with E-state index in [1.165, 1.54) is 11.3 Å². The lowest BCUT2D eigenvalue weighted by atomic mass is 9.93. The van der Waals surface area contributed by atoms with Crippen molar-refractivity contribution in [2.75, 3.05) is 13.1 Å². The number of carbonyl (C=O) groups is 1. The maximum atomic E-state index is 12.2.